The summed E-state index contributed by atoms with van der Waals surface area (Å²) >= 11 is 0. The fraction of sp³-hybridized carbons (Fsp3) is 0.423. The number of aliphatic hydroxyl groups excluding tert-OH is 2. The number of aromatic hydroxyl groups is 1. The number of hydrogen-bond donors (Lipinski definition) is 5. The van der Waals surface area contributed by atoms with Crippen molar-refractivity contribution in [1.82, 2.24) is 14.5 Å². The predicted octanol–water partition coefficient (Wildman–Crippen LogP) is 2.64. The minimum Gasteiger partial charge on any atom is -0.506 e. The second-order valence-electron chi connectivity index (χ2n) is 10.2. The van der Waals surface area contributed by atoms with Crippen LogP contribution in [-0.4, -0.2) is 65.2 Å². The number of amides is 1. The van der Waals surface area contributed by atoms with Gasteiger partial charge >= 0.3 is 12.1 Å². The van der Waals surface area contributed by atoms with Crippen LogP contribution in [0.4, 0.5) is 4.79 Å². The van der Waals surface area contributed by atoms with E-state index in [9.17, 15) is 34.8 Å². The molecule has 2 heterocycles. The van der Waals surface area contributed by atoms with E-state index in [0.717, 1.165) is 5.69 Å². The van der Waals surface area contributed by atoms with Crippen LogP contribution in [0.15, 0.2) is 23.0 Å². The Morgan fingerprint density at radius 2 is 1.89 bits per heavy atom. The molecule has 1 aliphatic rings. The number of rotatable bonds is 4. The first-order chi connectivity index (χ1) is 17.2. The van der Waals surface area contributed by atoms with Crippen LogP contribution < -0.4 is 5.56 Å². The van der Waals surface area contributed by atoms with Crippen molar-refractivity contribution in [3.05, 3.63) is 50.9 Å². The number of carbonyl (C=O) groups is 2. The van der Waals surface area contributed by atoms with Gasteiger partial charge in [-0.05, 0) is 51.5 Å². The van der Waals surface area contributed by atoms with Gasteiger partial charge in [-0.25, -0.2) is 9.59 Å². The lowest BCUT2D eigenvalue weighted by molar-refractivity contribution is 0.0201. The predicted molar refractivity (Wildman–Crippen MR) is 135 cm³/mol. The number of hydrogen-bond acceptors (Lipinski definition) is 7. The molecule has 0 radical (unpaired) electrons. The van der Waals surface area contributed by atoms with Crippen molar-refractivity contribution in [1.29, 1.82) is 0 Å². The number of aromatic nitrogens is 2. The summed E-state index contributed by atoms with van der Waals surface area (Å²) in [6.07, 6.45) is -3.45. The number of benzene rings is 1. The van der Waals surface area contributed by atoms with Crippen LogP contribution in [0.2, 0.25) is 0 Å². The van der Waals surface area contributed by atoms with E-state index in [2.05, 4.69) is 4.98 Å². The topological polar surface area (TPSA) is 165 Å². The normalized spacial score (nSPS) is 17.2. The van der Waals surface area contributed by atoms with Crippen molar-refractivity contribution in [2.45, 2.75) is 58.5 Å². The number of carboxylic acids is 1. The molecule has 37 heavy (non-hydrogen) atoms. The number of fused-ring (bicyclic) bond motifs is 4. The quantitative estimate of drug-likeness (QED) is 0.355. The molecule has 4 rings (SSSR count). The zero-order chi connectivity index (χ0) is 27.4. The Balaban J connectivity index is 1.86. The van der Waals surface area contributed by atoms with E-state index in [1.807, 2.05) is 24.6 Å². The van der Waals surface area contributed by atoms with Crippen LogP contribution in [-0.2, 0) is 24.8 Å². The molecular formula is C26H31N3O8. The molecule has 2 aromatic heterocycles. The van der Waals surface area contributed by atoms with E-state index in [-0.39, 0.29) is 24.2 Å². The zero-order valence-electron chi connectivity index (χ0n) is 21.3. The number of H-pyrrole nitrogens is 1. The fourth-order valence-corrected chi connectivity index (χ4v) is 4.68. The Labute approximate surface area is 212 Å². The Morgan fingerprint density at radius 1 is 1.22 bits per heavy atom. The lowest BCUT2D eigenvalue weighted by atomic mass is 9.97. The van der Waals surface area contributed by atoms with Crippen LogP contribution in [0.5, 0.6) is 5.75 Å². The van der Waals surface area contributed by atoms with E-state index in [1.54, 1.807) is 37.8 Å². The Kier molecular flexibility index (Phi) is 6.55. The number of aromatic carboxylic acids is 1. The summed E-state index contributed by atoms with van der Waals surface area (Å²) in [5, 5.41) is 42.3. The molecule has 0 aliphatic heterocycles. The van der Waals surface area contributed by atoms with Crippen molar-refractivity contribution < 1.29 is 34.8 Å². The molecule has 1 amide bonds. The molecular weight excluding hydrogens is 482 g/mol. The summed E-state index contributed by atoms with van der Waals surface area (Å²) < 4.78 is 7.37. The first-order valence-electron chi connectivity index (χ1n) is 11.9. The lowest BCUT2D eigenvalue weighted by Gasteiger charge is -2.26. The monoisotopic (exact) mass is 513 g/mol. The van der Waals surface area contributed by atoms with Crippen molar-refractivity contribution >= 4 is 23.0 Å². The van der Waals surface area contributed by atoms with Gasteiger partial charge in [0, 0.05) is 47.7 Å². The standard InChI is InChI=1S/C26H31N3O8/c1-6-29(25(36)37-26(2,3)4)11-13-7-12-8-14-15(9-17(12)28(13)5)21(31)18(30)10-16-20(14)27-23(33)19(22(16)32)24(34)35/h7-9,18,21,30-31H,6,10-11H2,1-5H3,(H,34,35)(H2,27,32,33). The third-order valence-electron chi connectivity index (χ3n) is 6.57. The Morgan fingerprint density at radius 3 is 2.49 bits per heavy atom. The highest BCUT2D eigenvalue weighted by atomic mass is 16.6. The highest BCUT2D eigenvalue weighted by molar-refractivity contribution is 5.93. The number of aromatic amines is 1. The minimum atomic E-state index is -1.60. The maximum absolute atomic E-state index is 12.7. The van der Waals surface area contributed by atoms with Crippen LogP contribution in [0, 0.1) is 0 Å². The third kappa shape index (κ3) is 4.67. The van der Waals surface area contributed by atoms with Gasteiger partial charge in [0.1, 0.15) is 17.5 Å². The Hall–Kier alpha value is -3.83. The number of carbonyl (C=O) groups excluding carboxylic acids is 1. The van der Waals surface area contributed by atoms with Crippen LogP contribution in [0.25, 0.3) is 22.2 Å². The molecule has 5 N–H and O–H groups in total. The molecule has 1 aromatic carbocycles. The third-order valence-corrected chi connectivity index (χ3v) is 6.57. The van der Waals surface area contributed by atoms with Crippen molar-refractivity contribution in [2.75, 3.05) is 6.54 Å². The lowest BCUT2D eigenvalue weighted by Crippen LogP contribution is -2.36. The number of aliphatic hydroxyl groups is 2. The second-order valence-corrected chi connectivity index (χ2v) is 10.2. The summed E-state index contributed by atoms with van der Waals surface area (Å²) in [6.45, 7) is 7.89. The van der Waals surface area contributed by atoms with Gasteiger partial charge < -0.3 is 39.6 Å². The average Bonchev–Trinajstić information content (AvgIpc) is 3.05. The highest BCUT2D eigenvalue weighted by Crippen LogP contribution is 2.41. The van der Waals surface area contributed by atoms with Crippen molar-refractivity contribution in [3.63, 3.8) is 0 Å². The Bertz CT molecular complexity index is 1460. The van der Waals surface area contributed by atoms with Crippen LogP contribution in [0.1, 0.15) is 61.0 Å². The maximum Gasteiger partial charge on any atom is 0.410 e. The molecule has 0 saturated carbocycles. The molecule has 0 spiro atoms. The van der Waals surface area contributed by atoms with Gasteiger partial charge in [0.2, 0.25) is 0 Å². The number of carboxylic acid groups (broad SMARTS) is 1. The second kappa shape index (κ2) is 9.24. The summed E-state index contributed by atoms with van der Waals surface area (Å²) in [6, 6.07) is 5.24. The SMILES string of the molecule is CCN(Cc1cc2cc3c(cc2n1C)C(O)C(O)Cc1c-3[nH]c(=O)c(C(=O)O)c1O)C(=O)OC(C)(C)C. The first kappa shape index (κ1) is 26.2. The van der Waals surface area contributed by atoms with E-state index < -0.39 is 46.7 Å². The fourth-order valence-electron chi connectivity index (χ4n) is 4.68. The van der Waals surface area contributed by atoms with Gasteiger partial charge in [-0.15, -0.1) is 0 Å². The molecule has 2 unspecified atom stereocenters. The number of nitrogens with one attached hydrogen (secondary N) is 1. The number of aryl methyl sites for hydroxylation is 1. The average molecular weight is 514 g/mol. The zero-order valence-corrected chi connectivity index (χ0v) is 21.3. The number of nitrogens with zero attached hydrogens (tertiary/aromatic N) is 2. The molecule has 3 aromatic rings. The molecule has 0 fully saturated rings. The van der Waals surface area contributed by atoms with Gasteiger partial charge in [0.05, 0.1) is 18.3 Å². The largest absolute Gasteiger partial charge is 0.506 e. The van der Waals surface area contributed by atoms with Gasteiger partial charge in [-0.3, -0.25) is 4.79 Å². The number of pyridine rings is 1. The van der Waals surface area contributed by atoms with E-state index in [1.165, 1.54) is 0 Å². The van der Waals surface area contributed by atoms with Gasteiger partial charge in [0.15, 0.2) is 5.56 Å². The molecule has 0 saturated heterocycles. The summed E-state index contributed by atoms with van der Waals surface area (Å²) in [5.41, 5.74) is -0.160. The van der Waals surface area contributed by atoms with Crippen LogP contribution in [0.3, 0.4) is 0 Å². The van der Waals surface area contributed by atoms with Crippen molar-refractivity contribution in [2.24, 2.45) is 7.05 Å². The van der Waals surface area contributed by atoms with Gasteiger partial charge in [-0.1, -0.05) is 0 Å². The smallest absolute Gasteiger partial charge is 0.410 e. The summed E-state index contributed by atoms with van der Waals surface area (Å²) in [5.74, 6) is -2.34. The molecule has 1 aliphatic carbocycles. The molecule has 2 atom stereocenters. The first-order valence-corrected chi connectivity index (χ1v) is 11.9. The summed E-state index contributed by atoms with van der Waals surface area (Å²) in [7, 11) is 1.81. The maximum atomic E-state index is 12.7. The number of ether oxygens (including phenoxy) is 1. The van der Waals surface area contributed by atoms with E-state index in [4.69, 9.17) is 4.74 Å². The van der Waals surface area contributed by atoms with Crippen molar-refractivity contribution in [3.8, 4) is 17.0 Å². The van der Waals surface area contributed by atoms with Gasteiger partial charge in [0.25, 0.3) is 5.56 Å². The highest BCUT2D eigenvalue weighted by Gasteiger charge is 2.33. The van der Waals surface area contributed by atoms with Crippen LogP contribution >= 0.6 is 0 Å². The van der Waals surface area contributed by atoms with E-state index >= 15 is 0 Å². The molecule has 198 valence electrons. The minimum absolute atomic E-state index is 0.0277. The molecule has 11 heteroatoms. The molecule has 0 bridgehead atoms. The summed E-state index contributed by atoms with van der Waals surface area (Å²) in [4.78, 5) is 40.8. The van der Waals surface area contributed by atoms with E-state index in [0.29, 0.717) is 28.6 Å². The van der Waals surface area contributed by atoms with Gasteiger partial charge in [-0.2, -0.15) is 0 Å². The molecule has 11 nitrogen and oxygen atoms in total.